The van der Waals surface area contributed by atoms with Gasteiger partial charge >= 0.3 is 0 Å². The second-order valence-corrected chi connectivity index (χ2v) is 6.23. The van der Waals surface area contributed by atoms with Gasteiger partial charge in [-0.05, 0) is 36.8 Å². The summed E-state index contributed by atoms with van der Waals surface area (Å²) in [6.45, 7) is 1.92. The largest absolute Gasteiger partial charge is 0.349 e. The summed E-state index contributed by atoms with van der Waals surface area (Å²) in [7, 11) is 0. The van der Waals surface area contributed by atoms with Crippen LogP contribution in [0.2, 0.25) is 0 Å². The van der Waals surface area contributed by atoms with Crippen molar-refractivity contribution in [2.24, 2.45) is 0 Å². The van der Waals surface area contributed by atoms with E-state index in [1.54, 1.807) is 0 Å². The van der Waals surface area contributed by atoms with Crippen molar-refractivity contribution < 1.29 is 14.0 Å². The van der Waals surface area contributed by atoms with Crippen LogP contribution in [0.25, 0.3) is 0 Å². The molecule has 0 radical (unpaired) electrons. The van der Waals surface area contributed by atoms with Crippen molar-refractivity contribution >= 4 is 29.3 Å². The molecule has 24 heavy (non-hydrogen) atoms. The quantitative estimate of drug-likeness (QED) is 0.808. The number of nitrogens with one attached hydrogen (secondary N) is 2. The first-order chi connectivity index (χ1) is 11.5. The molecule has 0 aliphatic heterocycles. The minimum absolute atomic E-state index is 0.0765. The predicted octanol–water partition coefficient (Wildman–Crippen LogP) is 3.37. The van der Waals surface area contributed by atoms with E-state index in [0.717, 1.165) is 5.56 Å². The molecule has 0 saturated carbocycles. The molecule has 0 aliphatic carbocycles. The first-order valence-electron chi connectivity index (χ1n) is 7.52. The van der Waals surface area contributed by atoms with Crippen molar-refractivity contribution in [3.8, 4) is 0 Å². The maximum Gasteiger partial charge on any atom is 0.234 e. The fraction of sp³-hybridized carbons (Fsp3) is 0.222. The molecule has 0 spiro atoms. The normalized spacial score (nSPS) is 11.6. The molecular weight excluding hydrogens is 327 g/mol. The molecular formula is C18H19FN2O2S. The Bertz CT molecular complexity index is 677. The summed E-state index contributed by atoms with van der Waals surface area (Å²) in [4.78, 5) is 23.7. The van der Waals surface area contributed by atoms with Gasteiger partial charge in [-0.15, -0.1) is 11.8 Å². The molecule has 0 unspecified atom stereocenters. The number of rotatable bonds is 7. The molecule has 2 aromatic carbocycles. The molecule has 2 amide bonds. The number of thioether (sulfide) groups is 1. The third-order valence-electron chi connectivity index (χ3n) is 3.27. The van der Waals surface area contributed by atoms with Gasteiger partial charge in [0.25, 0.3) is 0 Å². The van der Waals surface area contributed by atoms with Gasteiger partial charge < -0.3 is 10.6 Å². The van der Waals surface area contributed by atoms with Gasteiger partial charge in [0, 0.05) is 5.69 Å². The van der Waals surface area contributed by atoms with Crippen molar-refractivity contribution in [2.45, 2.75) is 13.0 Å². The van der Waals surface area contributed by atoms with Crippen LogP contribution in [-0.2, 0) is 9.59 Å². The molecule has 6 heteroatoms. The zero-order valence-corrected chi connectivity index (χ0v) is 14.1. The third-order valence-corrected chi connectivity index (χ3v) is 4.20. The van der Waals surface area contributed by atoms with Crippen LogP contribution in [0.1, 0.15) is 18.5 Å². The van der Waals surface area contributed by atoms with Gasteiger partial charge in [0.1, 0.15) is 5.82 Å². The number of halogens is 1. The summed E-state index contributed by atoms with van der Waals surface area (Å²) in [6.07, 6.45) is 0. The summed E-state index contributed by atoms with van der Waals surface area (Å²) in [5, 5.41) is 5.54. The zero-order chi connectivity index (χ0) is 17.4. The van der Waals surface area contributed by atoms with Gasteiger partial charge in [-0.2, -0.15) is 0 Å². The number of hydrogen-bond acceptors (Lipinski definition) is 3. The van der Waals surface area contributed by atoms with E-state index in [1.165, 1.54) is 36.0 Å². The first-order valence-corrected chi connectivity index (χ1v) is 8.67. The lowest BCUT2D eigenvalue weighted by molar-refractivity contribution is -0.119. The number of anilines is 1. The highest BCUT2D eigenvalue weighted by Crippen LogP contribution is 2.12. The molecule has 2 N–H and O–H groups in total. The molecule has 0 aromatic heterocycles. The van der Waals surface area contributed by atoms with Gasteiger partial charge in [-0.3, -0.25) is 9.59 Å². The fourth-order valence-electron chi connectivity index (χ4n) is 2.07. The molecule has 0 aliphatic rings. The molecule has 4 nitrogen and oxygen atoms in total. The van der Waals surface area contributed by atoms with E-state index >= 15 is 0 Å². The topological polar surface area (TPSA) is 58.2 Å². The van der Waals surface area contributed by atoms with Gasteiger partial charge in [-0.25, -0.2) is 4.39 Å². The van der Waals surface area contributed by atoms with Crippen LogP contribution in [0.4, 0.5) is 10.1 Å². The molecule has 0 fully saturated rings. The molecule has 2 rings (SSSR count). The Morgan fingerprint density at radius 3 is 2.29 bits per heavy atom. The van der Waals surface area contributed by atoms with Gasteiger partial charge in [0.15, 0.2) is 0 Å². The Hall–Kier alpha value is -2.34. The number of carbonyl (C=O) groups is 2. The minimum atomic E-state index is -0.355. The van der Waals surface area contributed by atoms with Gasteiger partial charge in [-0.1, -0.05) is 30.3 Å². The van der Waals surface area contributed by atoms with Crippen LogP contribution in [0, 0.1) is 5.82 Å². The van der Waals surface area contributed by atoms with Crippen molar-refractivity contribution in [3.63, 3.8) is 0 Å². The van der Waals surface area contributed by atoms with Crippen molar-refractivity contribution in [3.05, 3.63) is 66.0 Å². The average molecular weight is 346 g/mol. The lowest BCUT2D eigenvalue weighted by atomic mass is 10.1. The highest BCUT2D eigenvalue weighted by Gasteiger charge is 2.10. The Morgan fingerprint density at radius 1 is 1.00 bits per heavy atom. The molecule has 0 bridgehead atoms. The van der Waals surface area contributed by atoms with E-state index in [-0.39, 0.29) is 35.2 Å². The van der Waals surface area contributed by atoms with E-state index in [0.29, 0.717) is 5.69 Å². The van der Waals surface area contributed by atoms with Crippen LogP contribution >= 0.6 is 11.8 Å². The maximum atomic E-state index is 12.8. The highest BCUT2D eigenvalue weighted by atomic mass is 32.2. The molecule has 0 saturated heterocycles. The van der Waals surface area contributed by atoms with Crippen molar-refractivity contribution in [2.75, 3.05) is 16.8 Å². The predicted molar refractivity (Wildman–Crippen MR) is 95.4 cm³/mol. The molecule has 0 heterocycles. The monoisotopic (exact) mass is 346 g/mol. The van der Waals surface area contributed by atoms with Crippen molar-refractivity contribution in [1.29, 1.82) is 0 Å². The summed E-state index contributed by atoms with van der Waals surface area (Å²) in [5.41, 5.74) is 1.56. The number of hydrogen-bond donors (Lipinski definition) is 2. The van der Waals surface area contributed by atoms with E-state index in [4.69, 9.17) is 0 Å². The lowest BCUT2D eigenvalue weighted by Crippen LogP contribution is -2.28. The highest BCUT2D eigenvalue weighted by molar-refractivity contribution is 8.00. The summed E-state index contributed by atoms with van der Waals surface area (Å²) < 4.78 is 12.8. The van der Waals surface area contributed by atoms with Crippen LogP contribution < -0.4 is 10.6 Å². The van der Waals surface area contributed by atoms with Crippen LogP contribution in [-0.4, -0.2) is 23.3 Å². The minimum Gasteiger partial charge on any atom is -0.349 e. The number of carbonyl (C=O) groups excluding carboxylic acids is 2. The third kappa shape index (κ3) is 6.04. The van der Waals surface area contributed by atoms with Crippen LogP contribution in [0.3, 0.4) is 0 Å². The Morgan fingerprint density at radius 2 is 1.62 bits per heavy atom. The van der Waals surface area contributed by atoms with Crippen LogP contribution in [0.5, 0.6) is 0 Å². The fourth-order valence-corrected chi connectivity index (χ4v) is 2.70. The molecule has 2 aromatic rings. The number of amides is 2. The maximum absolute atomic E-state index is 12.8. The molecule has 1 atom stereocenters. The van der Waals surface area contributed by atoms with E-state index < -0.39 is 0 Å². The first kappa shape index (κ1) is 18.0. The van der Waals surface area contributed by atoms with E-state index in [1.807, 2.05) is 37.3 Å². The Kier molecular flexibility index (Phi) is 6.81. The second-order valence-electron chi connectivity index (χ2n) is 5.25. The van der Waals surface area contributed by atoms with Crippen LogP contribution in [0.15, 0.2) is 54.6 Å². The second kappa shape index (κ2) is 9.08. The Balaban J connectivity index is 1.68. The average Bonchev–Trinajstić information content (AvgIpc) is 2.57. The summed E-state index contributed by atoms with van der Waals surface area (Å²) >= 11 is 1.23. The lowest BCUT2D eigenvalue weighted by Gasteiger charge is -2.14. The Labute approximate surface area is 144 Å². The van der Waals surface area contributed by atoms with E-state index in [9.17, 15) is 14.0 Å². The summed E-state index contributed by atoms with van der Waals surface area (Å²) in [6, 6.07) is 15.1. The van der Waals surface area contributed by atoms with Crippen molar-refractivity contribution in [1.82, 2.24) is 5.32 Å². The van der Waals surface area contributed by atoms with Gasteiger partial charge in [0.2, 0.25) is 11.8 Å². The zero-order valence-electron chi connectivity index (χ0n) is 13.3. The number of benzene rings is 2. The molecule has 126 valence electrons. The summed E-state index contributed by atoms with van der Waals surface area (Å²) in [5.74, 6) is -0.341. The van der Waals surface area contributed by atoms with Gasteiger partial charge in [0.05, 0.1) is 17.5 Å². The van der Waals surface area contributed by atoms with E-state index in [2.05, 4.69) is 10.6 Å². The SMILES string of the molecule is C[C@H](NC(=O)CSCC(=O)Nc1ccc(F)cc1)c1ccccc1. The smallest absolute Gasteiger partial charge is 0.234 e. The standard InChI is InChI=1S/C18H19FN2O2S/c1-13(14-5-3-2-4-6-14)20-17(22)11-24-12-18(23)21-16-9-7-15(19)8-10-16/h2-10,13H,11-12H2,1H3,(H,20,22)(H,21,23)/t13-/m0/s1.